The fourth-order valence-corrected chi connectivity index (χ4v) is 2.88. The summed E-state index contributed by atoms with van der Waals surface area (Å²) in [4.78, 5) is 12.1. The summed E-state index contributed by atoms with van der Waals surface area (Å²) < 4.78 is 22.9. The van der Waals surface area contributed by atoms with Gasteiger partial charge in [-0.1, -0.05) is 13.8 Å². The SMILES string of the molecule is Cc1cc(S(N)(=O)=O)cc(NC(=O)C2CC2(C)C)c1C. The number of carbonyl (C=O) groups excluding carboxylic acids is 1. The molecule has 0 bridgehead atoms. The maximum atomic E-state index is 12.1. The van der Waals surface area contributed by atoms with Crippen LogP contribution in [-0.4, -0.2) is 14.3 Å². The summed E-state index contributed by atoms with van der Waals surface area (Å²) in [5.74, 6) is -0.0792. The summed E-state index contributed by atoms with van der Waals surface area (Å²) in [5.41, 5.74) is 2.18. The molecule has 1 aromatic carbocycles. The molecular formula is C14H20N2O3S. The van der Waals surface area contributed by atoms with Gasteiger partial charge in [-0.25, -0.2) is 13.6 Å². The number of amides is 1. The van der Waals surface area contributed by atoms with E-state index in [2.05, 4.69) is 5.32 Å². The highest BCUT2D eigenvalue weighted by Crippen LogP contribution is 2.52. The van der Waals surface area contributed by atoms with Crippen LogP contribution in [0.5, 0.6) is 0 Å². The van der Waals surface area contributed by atoms with Crippen molar-refractivity contribution in [2.75, 3.05) is 5.32 Å². The zero-order chi connectivity index (χ0) is 15.3. The molecule has 0 aromatic heterocycles. The summed E-state index contributed by atoms with van der Waals surface area (Å²) in [6.45, 7) is 7.71. The van der Waals surface area contributed by atoms with Crippen LogP contribution in [0.2, 0.25) is 0 Å². The lowest BCUT2D eigenvalue weighted by molar-refractivity contribution is -0.118. The second-order valence-corrected chi connectivity index (χ2v) is 7.75. The van der Waals surface area contributed by atoms with Crippen molar-refractivity contribution in [1.82, 2.24) is 0 Å². The van der Waals surface area contributed by atoms with Gasteiger partial charge >= 0.3 is 0 Å². The lowest BCUT2D eigenvalue weighted by Gasteiger charge is -2.13. The molecule has 6 heteroatoms. The molecule has 110 valence electrons. The fourth-order valence-electron chi connectivity index (χ4n) is 2.25. The van der Waals surface area contributed by atoms with Gasteiger partial charge in [-0.3, -0.25) is 4.79 Å². The van der Waals surface area contributed by atoms with Gasteiger partial charge < -0.3 is 5.32 Å². The molecule has 1 aliphatic rings. The number of aryl methyl sites for hydroxylation is 1. The molecule has 5 nitrogen and oxygen atoms in total. The predicted molar refractivity (Wildman–Crippen MR) is 77.8 cm³/mol. The summed E-state index contributed by atoms with van der Waals surface area (Å²) in [6, 6.07) is 2.94. The minimum Gasteiger partial charge on any atom is -0.326 e. The van der Waals surface area contributed by atoms with E-state index in [0.717, 1.165) is 17.5 Å². The molecule has 0 radical (unpaired) electrons. The maximum absolute atomic E-state index is 12.1. The van der Waals surface area contributed by atoms with Gasteiger partial charge in [0.15, 0.2) is 0 Å². The number of primary sulfonamides is 1. The van der Waals surface area contributed by atoms with E-state index in [0.29, 0.717) is 5.69 Å². The molecule has 1 aliphatic carbocycles. The Bertz CT molecular complexity index is 678. The lowest BCUT2D eigenvalue weighted by atomic mass is 10.1. The largest absolute Gasteiger partial charge is 0.326 e. The molecule has 0 heterocycles. The number of rotatable bonds is 3. The first kappa shape index (κ1) is 15.0. The average molecular weight is 296 g/mol. The van der Waals surface area contributed by atoms with Gasteiger partial charge in [0.2, 0.25) is 15.9 Å². The number of sulfonamides is 1. The van der Waals surface area contributed by atoms with Crippen molar-refractivity contribution in [3.63, 3.8) is 0 Å². The van der Waals surface area contributed by atoms with Crippen LogP contribution in [0.15, 0.2) is 17.0 Å². The third kappa shape index (κ3) is 2.86. The number of anilines is 1. The maximum Gasteiger partial charge on any atom is 0.238 e. The van der Waals surface area contributed by atoms with Gasteiger partial charge in [-0.2, -0.15) is 0 Å². The van der Waals surface area contributed by atoms with Gasteiger partial charge in [0.05, 0.1) is 4.90 Å². The van der Waals surface area contributed by atoms with Crippen LogP contribution in [-0.2, 0) is 14.8 Å². The highest BCUT2D eigenvalue weighted by Gasteiger charge is 2.50. The van der Waals surface area contributed by atoms with E-state index in [9.17, 15) is 13.2 Å². The molecule has 2 rings (SSSR count). The van der Waals surface area contributed by atoms with Crippen molar-refractivity contribution in [3.8, 4) is 0 Å². The van der Waals surface area contributed by atoms with Crippen LogP contribution >= 0.6 is 0 Å². The van der Waals surface area contributed by atoms with Gasteiger partial charge in [0.1, 0.15) is 0 Å². The Morgan fingerprint density at radius 2 is 1.90 bits per heavy atom. The average Bonchev–Trinajstić information content (AvgIpc) is 2.92. The number of hydrogen-bond acceptors (Lipinski definition) is 3. The van der Waals surface area contributed by atoms with Gasteiger partial charge in [0.25, 0.3) is 0 Å². The molecule has 1 fully saturated rings. The number of nitrogens with one attached hydrogen (secondary N) is 1. The van der Waals surface area contributed by atoms with Crippen molar-refractivity contribution in [2.24, 2.45) is 16.5 Å². The first-order valence-corrected chi connectivity index (χ1v) is 8.02. The summed E-state index contributed by atoms with van der Waals surface area (Å²) >= 11 is 0. The van der Waals surface area contributed by atoms with E-state index >= 15 is 0 Å². The van der Waals surface area contributed by atoms with Gasteiger partial charge in [-0.15, -0.1) is 0 Å². The van der Waals surface area contributed by atoms with E-state index in [1.807, 2.05) is 20.8 Å². The molecule has 0 aliphatic heterocycles. The normalized spacial score (nSPS) is 20.6. The standard InChI is InChI=1S/C14H20N2O3S/c1-8-5-10(20(15,18)19)6-12(9(8)2)16-13(17)11-7-14(11,3)4/h5-6,11H,7H2,1-4H3,(H,16,17)(H2,15,18,19). The summed E-state index contributed by atoms with van der Waals surface area (Å²) in [7, 11) is -3.78. The zero-order valence-electron chi connectivity index (χ0n) is 12.1. The highest BCUT2D eigenvalue weighted by molar-refractivity contribution is 7.89. The molecule has 3 N–H and O–H groups in total. The van der Waals surface area contributed by atoms with Crippen LogP contribution in [0.25, 0.3) is 0 Å². The minimum absolute atomic E-state index is 0.0136. The Kier molecular flexibility index (Phi) is 3.42. The molecular weight excluding hydrogens is 276 g/mol. The first-order valence-electron chi connectivity index (χ1n) is 6.47. The van der Waals surface area contributed by atoms with Crippen molar-refractivity contribution in [3.05, 3.63) is 23.3 Å². The Labute approximate surface area is 119 Å². The molecule has 1 aromatic rings. The molecule has 0 saturated heterocycles. The number of carbonyl (C=O) groups is 1. The molecule has 1 unspecified atom stereocenters. The molecule has 1 amide bonds. The minimum atomic E-state index is -3.78. The van der Waals surface area contributed by atoms with E-state index in [1.54, 1.807) is 6.92 Å². The van der Waals surface area contributed by atoms with Crippen LogP contribution < -0.4 is 10.5 Å². The molecule has 1 saturated carbocycles. The smallest absolute Gasteiger partial charge is 0.238 e. The second-order valence-electron chi connectivity index (χ2n) is 6.19. The summed E-state index contributed by atoms with van der Waals surface area (Å²) in [5, 5.41) is 7.97. The van der Waals surface area contributed by atoms with E-state index in [4.69, 9.17) is 5.14 Å². The first-order chi connectivity index (χ1) is 9.02. The van der Waals surface area contributed by atoms with Gasteiger partial charge in [-0.05, 0) is 48.9 Å². The number of nitrogens with two attached hydrogens (primary N) is 1. The molecule has 20 heavy (non-hydrogen) atoms. The van der Waals surface area contributed by atoms with Crippen LogP contribution in [0.1, 0.15) is 31.4 Å². The monoisotopic (exact) mass is 296 g/mol. The van der Waals surface area contributed by atoms with Crippen LogP contribution in [0.4, 0.5) is 5.69 Å². The Morgan fingerprint density at radius 1 is 1.35 bits per heavy atom. The molecule has 1 atom stereocenters. The van der Waals surface area contributed by atoms with Crippen molar-refractivity contribution in [1.29, 1.82) is 0 Å². The Hall–Kier alpha value is -1.40. The van der Waals surface area contributed by atoms with Crippen molar-refractivity contribution >= 4 is 21.6 Å². The third-order valence-electron chi connectivity index (χ3n) is 4.06. The second kappa shape index (κ2) is 4.56. The Morgan fingerprint density at radius 3 is 2.35 bits per heavy atom. The number of hydrogen-bond donors (Lipinski definition) is 2. The Balaban J connectivity index is 2.32. The topological polar surface area (TPSA) is 89.3 Å². The van der Waals surface area contributed by atoms with Crippen molar-refractivity contribution < 1.29 is 13.2 Å². The van der Waals surface area contributed by atoms with Crippen molar-refractivity contribution in [2.45, 2.75) is 39.0 Å². The van der Waals surface area contributed by atoms with Crippen LogP contribution in [0, 0.1) is 25.2 Å². The van der Waals surface area contributed by atoms with Gasteiger partial charge in [0, 0.05) is 11.6 Å². The summed E-state index contributed by atoms with van der Waals surface area (Å²) in [6.07, 6.45) is 0.853. The van der Waals surface area contributed by atoms with E-state index < -0.39 is 10.0 Å². The quantitative estimate of drug-likeness (QED) is 0.893. The molecule has 0 spiro atoms. The zero-order valence-corrected chi connectivity index (χ0v) is 13.0. The fraction of sp³-hybridized carbons (Fsp3) is 0.500. The third-order valence-corrected chi connectivity index (χ3v) is 4.95. The predicted octanol–water partition coefficient (Wildman–Crippen LogP) is 1.94. The highest BCUT2D eigenvalue weighted by atomic mass is 32.2. The van der Waals surface area contributed by atoms with E-state index in [1.165, 1.54) is 12.1 Å². The van der Waals surface area contributed by atoms with E-state index in [-0.39, 0.29) is 22.1 Å². The lowest BCUT2D eigenvalue weighted by Crippen LogP contribution is -2.19. The number of benzene rings is 1. The van der Waals surface area contributed by atoms with Crippen LogP contribution in [0.3, 0.4) is 0 Å².